The second-order valence-corrected chi connectivity index (χ2v) is 9.57. The number of anilines is 1. The van der Waals surface area contributed by atoms with Crippen LogP contribution in [0.25, 0.3) is 0 Å². The van der Waals surface area contributed by atoms with E-state index < -0.39 is 10.0 Å². The van der Waals surface area contributed by atoms with Gasteiger partial charge in [0, 0.05) is 37.7 Å². The van der Waals surface area contributed by atoms with Crippen LogP contribution in [-0.2, 0) is 19.6 Å². The van der Waals surface area contributed by atoms with Gasteiger partial charge in [-0.3, -0.25) is 9.59 Å². The molecule has 1 saturated carbocycles. The van der Waals surface area contributed by atoms with Gasteiger partial charge in [0.25, 0.3) is 0 Å². The Labute approximate surface area is 166 Å². The molecule has 8 heteroatoms. The summed E-state index contributed by atoms with van der Waals surface area (Å²) in [6.07, 6.45) is 5.56. The molecule has 1 aliphatic heterocycles. The lowest BCUT2D eigenvalue weighted by Crippen LogP contribution is -2.36. The summed E-state index contributed by atoms with van der Waals surface area (Å²) in [5, 5.41) is 5.61. The zero-order chi connectivity index (χ0) is 20.1. The largest absolute Gasteiger partial charge is 0.356 e. The maximum Gasteiger partial charge on any atom is 0.243 e. The summed E-state index contributed by atoms with van der Waals surface area (Å²) >= 11 is 0. The molecule has 0 aromatic heterocycles. The molecule has 1 heterocycles. The van der Waals surface area contributed by atoms with Gasteiger partial charge in [0.05, 0.1) is 4.90 Å². The average Bonchev–Trinajstić information content (AvgIpc) is 3.52. The van der Waals surface area contributed by atoms with E-state index >= 15 is 0 Å². The van der Waals surface area contributed by atoms with Crippen molar-refractivity contribution in [2.45, 2.75) is 56.8 Å². The Kier molecular flexibility index (Phi) is 6.72. The molecule has 2 N–H and O–H groups in total. The van der Waals surface area contributed by atoms with E-state index in [0.717, 1.165) is 32.1 Å². The van der Waals surface area contributed by atoms with E-state index in [-0.39, 0.29) is 29.0 Å². The Morgan fingerprint density at radius 3 is 2.54 bits per heavy atom. The monoisotopic (exact) mass is 407 g/mol. The van der Waals surface area contributed by atoms with Crippen molar-refractivity contribution in [2.24, 2.45) is 5.92 Å². The van der Waals surface area contributed by atoms with Crippen molar-refractivity contribution in [3.05, 3.63) is 23.8 Å². The lowest BCUT2D eigenvalue weighted by atomic mass is 10.2. The molecule has 1 aromatic rings. The van der Waals surface area contributed by atoms with Crippen molar-refractivity contribution < 1.29 is 18.0 Å². The molecule has 1 aromatic carbocycles. The van der Waals surface area contributed by atoms with Crippen LogP contribution in [-0.4, -0.2) is 44.2 Å². The summed E-state index contributed by atoms with van der Waals surface area (Å²) < 4.78 is 27.4. The van der Waals surface area contributed by atoms with Crippen LogP contribution in [0.1, 0.15) is 50.5 Å². The number of hydrogen-bond acceptors (Lipinski definition) is 4. The molecule has 0 radical (unpaired) electrons. The van der Waals surface area contributed by atoms with Crippen LogP contribution in [0.2, 0.25) is 0 Å². The van der Waals surface area contributed by atoms with Crippen LogP contribution in [0.4, 0.5) is 5.69 Å². The van der Waals surface area contributed by atoms with Crippen molar-refractivity contribution in [3.63, 3.8) is 0 Å². The van der Waals surface area contributed by atoms with Crippen LogP contribution in [0.5, 0.6) is 0 Å². The summed E-state index contributed by atoms with van der Waals surface area (Å²) in [5.74, 6) is 0.0546. The molecule has 0 atom stereocenters. The van der Waals surface area contributed by atoms with Crippen LogP contribution in [0, 0.1) is 12.8 Å². The lowest BCUT2D eigenvalue weighted by molar-refractivity contribution is -0.122. The minimum absolute atomic E-state index is 0.0755. The summed E-state index contributed by atoms with van der Waals surface area (Å²) in [6.45, 7) is 3.34. The fourth-order valence-corrected chi connectivity index (χ4v) is 5.14. The Bertz CT molecular complexity index is 828. The highest BCUT2D eigenvalue weighted by atomic mass is 32.2. The predicted octanol–water partition coefficient (Wildman–Crippen LogP) is 2.41. The van der Waals surface area contributed by atoms with Gasteiger partial charge in [-0.25, -0.2) is 8.42 Å². The van der Waals surface area contributed by atoms with Gasteiger partial charge in [-0.05, 0) is 56.7 Å². The SMILES string of the molecule is Cc1ccc(NC(=O)CCCNC(=O)C2CC2)cc1S(=O)(=O)N1CCCCC1. The van der Waals surface area contributed by atoms with Gasteiger partial charge in [0.1, 0.15) is 0 Å². The molecule has 154 valence electrons. The molecule has 0 bridgehead atoms. The highest BCUT2D eigenvalue weighted by molar-refractivity contribution is 7.89. The first-order chi connectivity index (χ1) is 13.4. The zero-order valence-electron chi connectivity index (χ0n) is 16.4. The standard InChI is InChI=1S/C20H29N3O4S/c1-15-7-10-17(14-18(15)28(26,27)23-12-3-2-4-13-23)22-19(24)6-5-11-21-20(25)16-8-9-16/h7,10,14,16H,2-6,8-9,11-13H2,1H3,(H,21,25)(H,22,24). The van der Waals surface area contributed by atoms with E-state index in [1.807, 2.05) is 0 Å². The average molecular weight is 408 g/mol. The number of carbonyl (C=O) groups excluding carboxylic acids is 2. The third-order valence-electron chi connectivity index (χ3n) is 5.23. The lowest BCUT2D eigenvalue weighted by Gasteiger charge is -2.26. The van der Waals surface area contributed by atoms with Crippen molar-refractivity contribution in [3.8, 4) is 0 Å². The summed E-state index contributed by atoms with van der Waals surface area (Å²) in [6, 6.07) is 4.99. The van der Waals surface area contributed by atoms with Crippen molar-refractivity contribution >= 4 is 27.5 Å². The molecule has 7 nitrogen and oxygen atoms in total. The van der Waals surface area contributed by atoms with Crippen LogP contribution in [0.15, 0.2) is 23.1 Å². The molecule has 2 aliphatic rings. The fraction of sp³-hybridized carbons (Fsp3) is 0.600. The minimum atomic E-state index is -3.55. The molecule has 2 amide bonds. The number of benzene rings is 1. The fourth-order valence-electron chi connectivity index (χ4n) is 3.37. The topological polar surface area (TPSA) is 95.6 Å². The molecule has 3 rings (SSSR count). The number of amides is 2. The van der Waals surface area contributed by atoms with E-state index in [9.17, 15) is 18.0 Å². The maximum atomic E-state index is 13.0. The summed E-state index contributed by atoms with van der Waals surface area (Å²) in [7, 11) is -3.55. The van der Waals surface area contributed by atoms with Gasteiger partial charge in [0.2, 0.25) is 21.8 Å². The second kappa shape index (κ2) is 9.05. The second-order valence-electron chi connectivity index (χ2n) is 7.66. The minimum Gasteiger partial charge on any atom is -0.356 e. The van der Waals surface area contributed by atoms with E-state index in [0.29, 0.717) is 37.3 Å². The van der Waals surface area contributed by atoms with Crippen molar-refractivity contribution in [1.82, 2.24) is 9.62 Å². The highest BCUT2D eigenvalue weighted by Crippen LogP contribution is 2.28. The van der Waals surface area contributed by atoms with Crippen LogP contribution >= 0.6 is 0 Å². The Morgan fingerprint density at radius 1 is 1.14 bits per heavy atom. The number of nitrogens with one attached hydrogen (secondary N) is 2. The first-order valence-electron chi connectivity index (χ1n) is 10.1. The van der Waals surface area contributed by atoms with Crippen LogP contribution in [0.3, 0.4) is 0 Å². The third kappa shape index (κ3) is 5.32. The summed E-state index contributed by atoms with van der Waals surface area (Å²) in [5.41, 5.74) is 1.15. The number of hydrogen-bond donors (Lipinski definition) is 2. The van der Waals surface area contributed by atoms with Gasteiger partial charge in [0.15, 0.2) is 0 Å². The maximum absolute atomic E-state index is 13.0. The number of aryl methyl sites for hydroxylation is 1. The molecule has 1 aliphatic carbocycles. The number of nitrogens with zero attached hydrogens (tertiary/aromatic N) is 1. The summed E-state index contributed by atoms with van der Waals surface area (Å²) in [4.78, 5) is 24.0. The van der Waals surface area contributed by atoms with Gasteiger partial charge in [-0.2, -0.15) is 4.31 Å². The van der Waals surface area contributed by atoms with Gasteiger partial charge in [-0.1, -0.05) is 12.5 Å². The Balaban J connectivity index is 1.56. The molecule has 0 spiro atoms. The number of sulfonamides is 1. The molecule has 0 unspecified atom stereocenters. The van der Waals surface area contributed by atoms with E-state index in [1.54, 1.807) is 25.1 Å². The number of rotatable bonds is 8. The zero-order valence-corrected chi connectivity index (χ0v) is 17.2. The Hall–Kier alpha value is -1.93. The smallest absolute Gasteiger partial charge is 0.243 e. The van der Waals surface area contributed by atoms with Gasteiger partial charge < -0.3 is 10.6 Å². The van der Waals surface area contributed by atoms with E-state index in [2.05, 4.69) is 10.6 Å². The molecule has 1 saturated heterocycles. The molecular weight excluding hydrogens is 378 g/mol. The van der Waals surface area contributed by atoms with Gasteiger partial charge >= 0.3 is 0 Å². The van der Waals surface area contributed by atoms with E-state index in [4.69, 9.17) is 0 Å². The van der Waals surface area contributed by atoms with Crippen LogP contribution < -0.4 is 10.6 Å². The first kappa shape index (κ1) is 20.8. The molecular formula is C20H29N3O4S. The number of piperidine rings is 1. The normalized spacial score (nSPS) is 17.9. The van der Waals surface area contributed by atoms with Crippen molar-refractivity contribution in [1.29, 1.82) is 0 Å². The van der Waals surface area contributed by atoms with Crippen molar-refractivity contribution in [2.75, 3.05) is 25.0 Å². The van der Waals surface area contributed by atoms with E-state index in [1.165, 1.54) is 4.31 Å². The molecule has 28 heavy (non-hydrogen) atoms. The predicted molar refractivity (Wildman–Crippen MR) is 107 cm³/mol. The quantitative estimate of drug-likeness (QED) is 0.647. The Morgan fingerprint density at radius 2 is 1.86 bits per heavy atom. The first-order valence-corrected chi connectivity index (χ1v) is 11.5. The molecule has 2 fully saturated rings. The number of carbonyl (C=O) groups is 2. The van der Waals surface area contributed by atoms with Gasteiger partial charge in [-0.15, -0.1) is 0 Å². The highest BCUT2D eigenvalue weighted by Gasteiger charge is 2.29. The third-order valence-corrected chi connectivity index (χ3v) is 7.27.